The number of nitrogens with zero attached hydrogens (tertiary/aromatic N) is 2. The van der Waals surface area contributed by atoms with Gasteiger partial charge in [0.25, 0.3) is 0 Å². The first-order chi connectivity index (χ1) is 8.08. The molecule has 0 radical (unpaired) electrons. The Bertz CT molecular complexity index is 480. The van der Waals surface area contributed by atoms with Gasteiger partial charge >= 0.3 is 0 Å². The highest BCUT2D eigenvalue weighted by Crippen LogP contribution is 2.20. The van der Waals surface area contributed by atoms with Crippen LogP contribution in [-0.2, 0) is 0 Å². The molecule has 2 aromatic rings. The van der Waals surface area contributed by atoms with Crippen molar-refractivity contribution in [1.29, 1.82) is 0 Å². The molecule has 0 aliphatic rings. The third kappa shape index (κ3) is 2.57. The van der Waals surface area contributed by atoms with Crippen molar-refractivity contribution >= 4 is 0 Å². The molecule has 0 saturated heterocycles. The van der Waals surface area contributed by atoms with E-state index in [0.717, 1.165) is 0 Å². The standard InChI is InChI=1S/C15H20N2/c1-11(2)15-9-16-17(10-15)13(4)14-7-5-12(3)6-8-14/h5-11,13H,1-4H3. The fraction of sp³-hybridized carbons (Fsp3) is 0.400. The van der Waals surface area contributed by atoms with E-state index in [1.165, 1.54) is 16.7 Å². The lowest BCUT2D eigenvalue weighted by Crippen LogP contribution is -2.07. The Morgan fingerprint density at radius 1 is 1.00 bits per heavy atom. The second-order valence-corrected chi connectivity index (χ2v) is 5.00. The number of benzene rings is 1. The summed E-state index contributed by atoms with van der Waals surface area (Å²) in [6, 6.07) is 8.95. The normalized spacial score (nSPS) is 13.0. The maximum absolute atomic E-state index is 4.45. The van der Waals surface area contributed by atoms with E-state index in [0.29, 0.717) is 12.0 Å². The van der Waals surface area contributed by atoms with Gasteiger partial charge in [0.1, 0.15) is 0 Å². The summed E-state index contributed by atoms with van der Waals surface area (Å²) in [6.45, 7) is 8.68. The molecule has 0 saturated carbocycles. The molecule has 1 heterocycles. The summed E-state index contributed by atoms with van der Waals surface area (Å²) in [5.74, 6) is 0.536. The molecule has 0 fully saturated rings. The molecule has 0 N–H and O–H groups in total. The van der Waals surface area contributed by atoms with Gasteiger partial charge in [-0.1, -0.05) is 43.7 Å². The van der Waals surface area contributed by atoms with Crippen molar-refractivity contribution in [3.8, 4) is 0 Å². The van der Waals surface area contributed by atoms with E-state index >= 15 is 0 Å². The number of aromatic nitrogens is 2. The minimum atomic E-state index is 0.295. The van der Waals surface area contributed by atoms with Crippen LogP contribution in [0.5, 0.6) is 0 Å². The van der Waals surface area contributed by atoms with Gasteiger partial charge in [0.15, 0.2) is 0 Å². The summed E-state index contributed by atoms with van der Waals surface area (Å²) in [6.07, 6.45) is 4.12. The Morgan fingerprint density at radius 2 is 1.65 bits per heavy atom. The zero-order valence-electron chi connectivity index (χ0n) is 11.0. The Kier molecular flexibility index (Phi) is 3.32. The van der Waals surface area contributed by atoms with Crippen LogP contribution >= 0.6 is 0 Å². The van der Waals surface area contributed by atoms with Gasteiger partial charge in [0.05, 0.1) is 12.2 Å². The molecule has 0 spiro atoms. The topological polar surface area (TPSA) is 17.8 Å². The van der Waals surface area contributed by atoms with Gasteiger partial charge < -0.3 is 0 Å². The summed E-state index contributed by atoms with van der Waals surface area (Å²) >= 11 is 0. The molecule has 0 bridgehead atoms. The Morgan fingerprint density at radius 3 is 2.18 bits per heavy atom. The highest BCUT2D eigenvalue weighted by Gasteiger charge is 2.10. The zero-order valence-corrected chi connectivity index (χ0v) is 11.0. The second-order valence-electron chi connectivity index (χ2n) is 5.00. The first kappa shape index (κ1) is 11.9. The first-order valence-corrected chi connectivity index (χ1v) is 6.18. The summed E-state index contributed by atoms with van der Waals surface area (Å²) in [4.78, 5) is 0. The van der Waals surface area contributed by atoms with Crippen LogP contribution in [0.2, 0.25) is 0 Å². The minimum Gasteiger partial charge on any atom is -0.265 e. The largest absolute Gasteiger partial charge is 0.265 e. The molecule has 2 heteroatoms. The molecule has 2 nitrogen and oxygen atoms in total. The maximum Gasteiger partial charge on any atom is 0.0740 e. The van der Waals surface area contributed by atoms with E-state index in [1.54, 1.807) is 0 Å². The van der Waals surface area contributed by atoms with Crippen LogP contribution in [0.4, 0.5) is 0 Å². The van der Waals surface area contributed by atoms with Crippen molar-refractivity contribution in [2.24, 2.45) is 0 Å². The average molecular weight is 228 g/mol. The van der Waals surface area contributed by atoms with Gasteiger partial charge in [-0.15, -0.1) is 0 Å². The van der Waals surface area contributed by atoms with E-state index in [-0.39, 0.29) is 0 Å². The molecule has 17 heavy (non-hydrogen) atoms. The van der Waals surface area contributed by atoms with Crippen molar-refractivity contribution in [3.05, 3.63) is 53.3 Å². The molecule has 0 aliphatic heterocycles. The monoisotopic (exact) mass is 228 g/mol. The molecule has 0 aliphatic carbocycles. The van der Waals surface area contributed by atoms with Crippen LogP contribution in [0.25, 0.3) is 0 Å². The molecule has 1 aromatic carbocycles. The molecule has 1 aromatic heterocycles. The lowest BCUT2D eigenvalue weighted by Gasteiger charge is -2.12. The van der Waals surface area contributed by atoms with E-state index in [4.69, 9.17) is 0 Å². The van der Waals surface area contributed by atoms with Crippen LogP contribution in [0, 0.1) is 6.92 Å². The average Bonchev–Trinajstić information content (AvgIpc) is 2.78. The smallest absolute Gasteiger partial charge is 0.0740 e. The van der Waals surface area contributed by atoms with Gasteiger partial charge in [-0.2, -0.15) is 5.10 Å². The Labute approximate surface area is 103 Å². The van der Waals surface area contributed by atoms with Gasteiger partial charge in [0, 0.05) is 6.20 Å². The Balaban J connectivity index is 2.24. The maximum atomic E-state index is 4.45. The van der Waals surface area contributed by atoms with Crippen molar-refractivity contribution < 1.29 is 0 Å². The summed E-state index contributed by atoms with van der Waals surface area (Å²) in [7, 11) is 0. The van der Waals surface area contributed by atoms with E-state index in [9.17, 15) is 0 Å². The molecule has 1 atom stereocenters. The molecule has 0 amide bonds. The summed E-state index contributed by atoms with van der Waals surface area (Å²) in [5, 5.41) is 4.45. The van der Waals surface area contributed by atoms with Crippen molar-refractivity contribution in [2.45, 2.75) is 39.7 Å². The highest BCUT2D eigenvalue weighted by molar-refractivity contribution is 5.24. The predicted octanol–water partition coefficient (Wildman–Crippen LogP) is 3.92. The Hall–Kier alpha value is -1.57. The third-order valence-corrected chi connectivity index (χ3v) is 3.24. The van der Waals surface area contributed by atoms with E-state index in [2.05, 4.69) is 63.3 Å². The van der Waals surface area contributed by atoms with Gasteiger partial charge in [-0.05, 0) is 30.9 Å². The van der Waals surface area contributed by atoms with Crippen LogP contribution < -0.4 is 0 Å². The minimum absolute atomic E-state index is 0.295. The van der Waals surface area contributed by atoms with Gasteiger partial charge in [-0.25, -0.2) is 0 Å². The van der Waals surface area contributed by atoms with Crippen LogP contribution in [-0.4, -0.2) is 9.78 Å². The second kappa shape index (κ2) is 4.74. The molecule has 2 rings (SSSR count). The predicted molar refractivity (Wildman–Crippen MR) is 71.3 cm³/mol. The van der Waals surface area contributed by atoms with Crippen LogP contribution in [0.15, 0.2) is 36.7 Å². The number of hydrogen-bond acceptors (Lipinski definition) is 1. The highest BCUT2D eigenvalue weighted by atomic mass is 15.3. The molecule has 90 valence electrons. The van der Waals surface area contributed by atoms with Crippen LogP contribution in [0.1, 0.15) is 49.4 Å². The van der Waals surface area contributed by atoms with Gasteiger partial charge in [0.2, 0.25) is 0 Å². The first-order valence-electron chi connectivity index (χ1n) is 6.18. The van der Waals surface area contributed by atoms with E-state index in [1.807, 2.05) is 10.9 Å². The van der Waals surface area contributed by atoms with Crippen molar-refractivity contribution in [1.82, 2.24) is 9.78 Å². The fourth-order valence-corrected chi connectivity index (χ4v) is 1.86. The lowest BCUT2D eigenvalue weighted by atomic mass is 10.1. The zero-order chi connectivity index (χ0) is 12.4. The number of hydrogen-bond donors (Lipinski definition) is 0. The summed E-state index contributed by atoms with van der Waals surface area (Å²) in [5.41, 5.74) is 3.89. The van der Waals surface area contributed by atoms with Crippen LogP contribution in [0.3, 0.4) is 0 Å². The lowest BCUT2D eigenvalue weighted by molar-refractivity contribution is 0.563. The SMILES string of the molecule is Cc1ccc(C(C)n2cc(C(C)C)cn2)cc1. The van der Waals surface area contributed by atoms with E-state index < -0.39 is 0 Å². The van der Waals surface area contributed by atoms with Crippen molar-refractivity contribution in [2.75, 3.05) is 0 Å². The summed E-state index contributed by atoms with van der Waals surface area (Å²) < 4.78 is 2.04. The van der Waals surface area contributed by atoms with Crippen molar-refractivity contribution in [3.63, 3.8) is 0 Å². The third-order valence-electron chi connectivity index (χ3n) is 3.24. The molecule has 1 unspecified atom stereocenters. The fourth-order valence-electron chi connectivity index (χ4n) is 1.86. The number of aryl methyl sites for hydroxylation is 1. The molecular formula is C15H20N2. The molecular weight excluding hydrogens is 208 g/mol. The number of rotatable bonds is 3. The van der Waals surface area contributed by atoms with Gasteiger partial charge in [-0.3, -0.25) is 4.68 Å². The quantitative estimate of drug-likeness (QED) is 0.778.